The Morgan fingerprint density at radius 2 is 1.63 bits per heavy atom. The summed E-state index contributed by atoms with van der Waals surface area (Å²) >= 11 is 1.74. The zero-order valence-electron chi connectivity index (χ0n) is 42.6. The Morgan fingerprint density at radius 1 is 0.951 bits per heavy atom. The van der Waals surface area contributed by atoms with Gasteiger partial charge in [-0.15, -0.1) is 11.8 Å². The molecular weight excluding hydrogens is 1190 g/mol. The molecule has 1 aliphatic rings. The van der Waals surface area contributed by atoms with E-state index in [1.807, 2.05) is 0 Å². The van der Waals surface area contributed by atoms with Gasteiger partial charge in [-0.05, 0) is 18.6 Å². The zero-order chi connectivity index (χ0) is 60.5. The summed E-state index contributed by atoms with van der Waals surface area (Å²) in [6, 6.07) is 2.68. The first-order valence-electron chi connectivity index (χ1n) is 23.5. The van der Waals surface area contributed by atoms with E-state index in [-0.39, 0.29) is 78.9 Å². The molecule has 1 fully saturated rings. The summed E-state index contributed by atoms with van der Waals surface area (Å²) < 4.78 is 68.0. The number of hydrogen-bond donors (Lipinski definition) is 14. The predicted molar refractivity (Wildman–Crippen MR) is 279 cm³/mol. The van der Waals surface area contributed by atoms with Gasteiger partial charge in [0, 0.05) is 55.0 Å². The molecule has 2 aromatic heterocycles. The lowest BCUT2D eigenvalue weighted by atomic mass is 9.87. The van der Waals surface area contributed by atoms with Crippen LogP contribution in [0.4, 0.5) is 11.5 Å². The molecule has 0 spiro atoms. The number of nitrogens with one attached hydrogen (secondary N) is 4. The number of nitrogens with two attached hydrogens (primary N) is 2. The summed E-state index contributed by atoms with van der Waals surface area (Å²) in [5.41, 5.74) is 9.90. The molecule has 0 bridgehead atoms. The standard InChI is InChI=1S/C40H60N11O25P3S2/c1-40(2,18-73-79(69,70)76-78(67,68)72-16-26-32(75-77(64,65)66)31(57)38(74-26)50-20-48-30-34(42)46-19-47-35(30)50)33(58)37(60)44-10-9-27(53)43-11-12-80-39(61)24(41)7-8-28(54)49-25(36(59)45-13-29(55)56)17-81-23(14-52)15-71-22-5-3-21(4-6-22)51(62)63/h3-6,19-20,23-26,31-33,38,52,57-58H,7-18,41H2,1-2H3,(H,43,53)(H,44,60)(H,45,59)(H,49,54)(H,55,56)(H,67,68)(H,69,70)(H2,42,46,47)(H2,64,65,66). The number of phosphoric acid groups is 3. The van der Waals surface area contributed by atoms with E-state index in [0.717, 1.165) is 40.7 Å². The van der Waals surface area contributed by atoms with Crippen LogP contribution in [0.5, 0.6) is 5.75 Å². The molecule has 452 valence electrons. The van der Waals surface area contributed by atoms with Crippen molar-refractivity contribution in [3.05, 3.63) is 47.0 Å². The molecule has 41 heteroatoms. The monoisotopic (exact) mass is 1250 g/mol. The molecule has 16 N–H and O–H groups in total. The SMILES string of the molecule is CC(C)(COP(=O)(O)OP(=O)(O)OCC1OC(n2cnc3c(N)ncnc32)C(O)C1OP(=O)(O)O)C(O)C(=O)NCCC(=O)NCCSC(=O)C(N)CCC(=O)NC(CSC(CO)COc1ccc([N+](=O)[O-])cc1)C(=O)NCC(=O)O. The van der Waals surface area contributed by atoms with Crippen molar-refractivity contribution in [3.8, 4) is 5.75 Å². The fourth-order valence-electron chi connectivity index (χ4n) is 6.77. The van der Waals surface area contributed by atoms with E-state index in [4.69, 9.17) is 35.1 Å². The third-order valence-electron chi connectivity index (χ3n) is 11.0. The number of nitro groups is 1. The van der Waals surface area contributed by atoms with E-state index in [2.05, 4.69) is 45.1 Å². The van der Waals surface area contributed by atoms with Gasteiger partial charge in [0.25, 0.3) is 5.69 Å². The molecule has 3 heterocycles. The topological polar surface area (TPSA) is 558 Å². The Labute approximate surface area is 466 Å². The fraction of sp³-hybridized carbons (Fsp3) is 0.575. The molecule has 4 amide bonds. The van der Waals surface area contributed by atoms with Gasteiger partial charge in [0.2, 0.25) is 28.7 Å². The lowest BCUT2D eigenvalue weighted by molar-refractivity contribution is -0.384. The van der Waals surface area contributed by atoms with Gasteiger partial charge < -0.3 is 82.2 Å². The number of aliphatic hydroxyl groups excluding tert-OH is 3. The van der Waals surface area contributed by atoms with E-state index < -0.39 is 143 Å². The largest absolute Gasteiger partial charge is 0.492 e. The number of non-ortho nitro benzene ring substituents is 1. The van der Waals surface area contributed by atoms with Gasteiger partial charge in [-0.1, -0.05) is 25.6 Å². The first kappa shape index (κ1) is 68.2. The van der Waals surface area contributed by atoms with E-state index in [1.54, 1.807) is 0 Å². The first-order valence-corrected chi connectivity index (χ1v) is 30.1. The minimum absolute atomic E-state index is 0.00358. The van der Waals surface area contributed by atoms with E-state index in [9.17, 15) is 87.5 Å². The summed E-state index contributed by atoms with van der Waals surface area (Å²) in [5, 5.41) is 59.6. The van der Waals surface area contributed by atoms with Gasteiger partial charge in [0.05, 0.1) is 42.4 Å². The molecule has 0 radical (unpaired) electrons. The number of rotatable bonds is 35. The van der Waals surface area contributed by atoms with Crippen molar-refractivity contribution in [1.29, 1.82) is 0 Å². The summed E-state index contributed by atoms with van der Waals surface area (Å²) in [4.78, 5) is 136. The number of fused-ring (bicyclic) bond motifs is 1. The number of anilines is 1. The van der Waals surface area contributed by atoms with Crippen LogP contribution in [0.25, 0.3) is 11.2 Å². The molecular formula is C40H60N11O25P3S2. The average Bonchev–Trinajstić information content (AvgIpc) is 4.08. The number of nitro benzene ring substituents is 1. The number of carbonyl (C=O) groups excluding carboxylic acids is 5. The van der Waals surface area contributed by atoms with Crippen LogP contribution >= 0.6 is 47.0 Å². The number of ether oxygens (including phenoxy) is 2. The maximum absolute atomic E-state index is 12.8. The van der Waals surface area contributed by atoms with Gasteiger partial charge >= 0.3 is 29.4 Å². The highest BCUT2D eigenvalue weighted by Gasteiger charge is 2.50. The van der Waals surface area contributed by atoms with E-state index in [0.29, 0.717) is 0 Å². The van der Waals surface area contributed by atoms with Crippen LogP contribution in [0.3, 0.4) is 0 Å². The third kappa shape index (κ3) is 22.4. The van der Waals surface area contributed by atoms with Crippen molar-refractivity contribution in [3.63, 3.8) is 0 Å². The lowest BCUT2D eigenvalue weighted by Crippen LogP contribution is -2.50. The second kappa shape index (κ2) is 30.8. The fourth-order valence-corrected chi connectivity index (χ4v) is 11.3. The number of amides is 4. The number of carboxylic acid groups (broad SMARTS) is 1. The van der Waals surface area contributed by atoms with Crippen molar-refractivity contribution in [1.82, 2.24) is 40.8 Å². The van der Waals surface area contributed by atoms with Crippen molar-refractivity contribution in [2.75, 3.05) is 63.3 Å². The zero-order valence-corrected chi connectivity index (χ0v) is 47.0. The average molecular weight is 1250 g/mol. The van der Waals surface area contributed by atoms with Crippen LogP contribution in [0.1, 0.15) is 39.3 Å². The summed E-state index contributed by atoms with van der Waals surface area (Å²) in [7, 11) is -16.6. The number of aliphatic carboxylic acids is 1. The van der Waals surface area contributed by atoms with Crippen LogP contribution in [-0.2, 0) is 65.1 Å². The van der Waals surface area contributed by atoms with Gasteiger partial charge in [0.15, 0.2) is 17.7 Å². The Kier molecular flexibility index (Phi) is 25.9. The minimum Gasteiger partial charge on any atom is -0.492 e. The maximum atomic E-state index is 12.8. The lowest BCUT2D eigenvalue weighted by Gasteiger charge is -2.30. The number of hydrogen-bond acceptors (Lipinski definition) is 27. The minimum atomic E-state index is -5.65. The number of nitrogens with zero attached hydrogens (tertiary/aromatic N) is 5. The number of phosphoric ester groups is 3. The molecule has 4 rings (SSSR count). The van der Waals surface area contributed by atoms with Crippen LogP contribution in [0.15, 0.2) is 36.9 Å². The highest BCUT2D eigenvalue weighted by molar-refractivity contribution is 8.13. The second-order valence-corrected chi connectivity index (χ2v) is 24.5. The number of benzene rings is 1. The molecule has 3 aromatic rings. The van der Waals surface area contributed by atoms with Crippen LogP contribution in [0, 0.1) is 15.5 Å². The number of carboxylic acids is 1. The summed E-state index contributed by atoms with van der Waals surface area (Å²) in [6.07, 6.45) is -7.95. The molecule has 1 aromatic carbocycles. The number of aliphatic hydroxyl groups is 3. The molecule has 10 unspecified atom stereocenters. The smallest absolute Gasteiger partial charge is 0.481 e. The van der Waals surface area contributed by atoms with Gasteiger partial charge in [-0.3, -0.25) is 57.0 Å². The highest BCUT2D eigenvalue weighted by atomic mass is 32.2. The Balaban J connectivity index is 1.14. The van der Waals surface area contributed by atoms with Crippen molar-refractivity contribution >= 4 is 104 Å². The van der Waals surface area contributed by atoms with Gasteiger partial charge in [0.1, 0.15) is 61.2 Å². The number of imidazole rings is 1. The molecule has 0 saturated carbocycles. The maximum Gasteiger partial charge on any atom is 0.481 e. The first-order chi connectivity index (χ1) is 37.8. The van der Waals surface area contributed by atoms with Crippen LogP contribution in [0.2, 0.25) is 0 Å². The van der Waals surface area contributed by atoms with Gasteiger partial charge in [-0.2, -0.15) is 4.31 Å². The van der Waals surface area contributed by atoms with E-state index >= 15 is 0 Å². The quantitative estimate of drug-likeness (QED) is 0.0126. The summed E-state index contributed by atoms with van der Waals surface area (Å²) in [5.74, 6) is -4.56. The van der Waals surface area contributed by atoms with Crippen LogP contribution < -0.4 is 37.5 Å². The van der Waals surface area contributed by atoms with Crippen molar-refractivity contribution < 1.29 is 115 Å². The molecule has 36 nitrogen and oxygen atoms in total. The van der Waals surface area contributed by atoms with Crippen molar-refractivity contribution in [2.24, 2.45) is 11.1 Å². The molecule has 81 heavy (non-hydrogen) atoms. The number of aromatic nitrogens is 4. The number of thioether (sulfide) groups is 2. The van der Waals surface area contributed by atoms with Crippen LogP contribution in [-0.4, -0.2) is 198 Å². The molecule has 1 aliphatic heterocycles. The summed E-state index contributed by atoms with van der Waals surface area (Å²) in [6.45, 7) is -1.48. The van der Waals surface area contributed by atoms with Gasteiger partial charge in [-0.25, -0.2) is 28.6 Å². The Bertz CT molecular complexity index is 2840. The molecule has 1 saturated heterocycles. The molecule has 0 aliphatic carbocycles. The third-order valence-corrected chi connectivity index (χ3v) is 16.4. The van der Waals surface area contributed by atoms with E-state index in [1.165, 1.54) is 38.1 Å². The van der Waals surface area contributed by atoms with Crippen molar-refractivity contribution in [2.45, 2.75) is 81.1 Å². The predicted octanol–water partition coefficient (Wildman–Crippen LogP) is -2.46. The Morgan fingerprint density at radius 3 is 2.27 bits per heavy atom. The molecule has 10 atom stereocenters. The number of nitrogen functional groups attached to an aromatic ring is 1. The normalized spacial score (nSPS) is 19.5. The second-order valence-electron chi connectivity index (χ2n) is 17.8. The highest BCUT2D eigenvalue weighted by Crippen LogP contribution is 2.61. The Hall–Kier alpha value is -5.34. The number of carbonyl (C=O) groups is 6.